The molecule has 0 radical (unpaired) electrons. The Morgan fingerprint density at radius 3 is 2.52 bits per heavy atom. The molecule has 3 amide bonds. The summed E-state index contributed by atoms with van der Waals surface area (Å²) < 4.78 is 0.847. The van der Waals surface area contributed by atoms with Crippen LogP contribution in [0.1, 0.15) is 28.5 Å². The van der Waals surface area contributed by atoms with Crippen molar-refractivity contribution < 1.29 is 14.4 Å². The maximum absolute atomic E-state index is 12.3. The van der Waals surface area contributed by atoms with E-state index in [-0.39, 0.29) is 17.6 Å². The minimum absolute atomic E-state index is 0.106. The molecule has 0 fully saturated rings. The number of aryl methyl sites for hydroxylation is 1. The Labute approximate surface area is 153 Å². The molecule has 1 aromatic carbocycles. The van der Waals surface area contributed by atoms with Crippen LogP contribution in [-0.2, 0) is 16.1 Å². The highest BCUT2D eigenvalue weighted by Gasteiger charge is 2.13. The second-order valence-corrected chi connectivity index (χ2v) is 7.45. The van der Waals surface area contributed by atoms with E-state index in [1.165, 1.54) is 30.0 Å². The van der Waals surface area contributed by atoms with Crippen LogP contribution in [0.15, 0.2) is 28.5 Å². The largest absolute Gasteiger partial charge is 0.369 e. The van der Waals surface area contributed by atoms with E-state index in [2.05, 4.69) is 15.6 Å². The Morgan fingerprint density at radius 1 is 1.24 bits per heavy atom. The van der Waals surface area contributed by atoms with E-state index in [4.69, 9.17) is 5.73 Å². The third-order valence-corrected chi connectivity index (χ3v) is 5.54. The average molecular weight is 378 g/mol. The number of aromatic nitrogens is 1. The van der Waals surface area contributed by atoms with Crippen LogP contribution < -0.4 is 16.4 Å². The average Bonchev–Trinajstić information content (AvgIpc) is 2.90. The lowest BCUT2D eigenvalue weighted by atomic mass is 10.1. The van der Waals surface area contributed by atoms with Crippen molar-refractivity contribution in [2.45, 2.75) is 24.6 Å². The molecule has 132 valence electrons. The molecule has 0 saturated heterocycles. The molecule has 4 N–H and O–H groups in total. The summed E-state index contributed by atoms with van der Waals surface area (Å²) in [7, 11) is 0. The van der Waals surface area contributed by atoms with Crippen LogP contribution in [0.25, 0.3) is 0 Å². The van der Waals surface area contributed by atoms with Crippen molar-refractivity contribution >= 4 is 46.0 Å². The lowest BCUT2D eigenvalue weighted by Gasteiger charge is -2.05. The zero-order valence-corrected chi connectivity index (χ0v) is 15.4. The summed E-state index contributed by atoms with van der Waals surface area (Å²) in [5.74, 6) is -0.605. The SMILES string of the molecule is CC(=O)NCc1ccc(C(=O)Nc2nc(C)c(SCC(N)=O)s2)cc1. The lowest BCUT2D eigenvalue weighted by molar-refractivity contribution is -0.119. The van der Waals surface area contributed by atoms with E-state index < -0.39 is 5.91 Å². The molecule has 0 saturated carbocycles. The highest BCUT2D eigenvalue weighted by molar-refractivity contribution is 8.01. The molecule has 0 atom stereocenters. The molecular weight excluding hydrogens is 360 g/mol. The van der Waals surface area contributed by atoms with Crippen LogP contribution in [0.4, 0.5) is 5.13 Å². The van der Waals surface area contributed by atoms with Crippen molar-refractivity contribution in [3.05, 3.63) is 41.1 Å². The van der Waals surface area contributed by atoms with Gasteiger partial charge >= 0.3 is 0 Å². The van der Waals surface area contributed by atoms with E-state index in [1.54, 1.807) is 24.3 Å². The van der Waals surface area contributed by atoms with Gasteiger partial charge in [-0.25, -0.2) is 4.98 Å². The summed E-state index contributed by atoms with van der Waals surface area (Å²) in [6, 6.07) is 6.95. The second kappa shape index (κ2) is 8.63. The van der Waals surface area contributed by atoms with Gasteiger partial charge in [0.25, 0.3) is 5.91 Å². The van der Waals surface area contributed by atoms with Crippen molar-refractivity contribution in [3.8, 4) is 0 Å². The minimum Gasteiger partial charge on any atom is -0.369 e. The smallest absolute Gasteiger partial charge is 0.257 e. The van der Waals surface area contributed by atoms with Gasteiger partial charge in [-0.3, -0.25) is 19.7 Å². The number of hydrogen-bond acceptors (Lipinski definition) is 6. The second-order valence-electron chi connectivity index (χ2n) is 5.21. The Balaban J connectivity index is 1.98. The summed E-state index contributed by atoms with van der Waals surface area (Å²) in [5, 5.41) is 5.91. The van der Waals surface area contributed by atoms with E-state index in [9.17, 15) is 14.4 Å². The van der Waals surface area contributed by atoms with Gasteiger partial charge in [-0.1, -0.05) is 23.5 Å². The molecule has 0 spiro atoms. The molecule has 25 heavy (non-hydrogen) atoms. The van der Waals surface area contributed by atoms with Crippen LogP contribution in [-0.4, -0.2) is 28.5 Å². The molecule has 0 unspecified atom stereocenters. The highest BCUT2D eigenvalue weighted by atomic mass is 32.2. The summed E-state index contributed by atoms with van der Waals surface area (Å²) in [5.41, 5.74) is 7.28. The number of primary amides is 1. The maximum atomic E-state index is 12.3. The van der Waals surface area contributed by atoms with Gasteiger partial charge in [0, 0.05) is 19.0 Å². The highest BCUT2D eigenvalue weighted by Crippen LogP contribution is 2.32. The van der Waals surface area contributed by atoms with E-state index in [0.29, 0.717) is 17.2 Å². The zero-order valence-electron chi connectivity index (χ0n) is 13.8. The predicted molar refractivity (Wildman–Crippen MR) is 98.7 cm³/mol. The van der Waals surface area contributed by atoms with Crippen molar-refractivity contribution in [2.24, 2.45) is 5.73 Å². The Morgan fingerprint density at radius 2 is 1.92 bits per heavy atom. The van der Waals surface area contributed by atoms with Gasteiger partial charge in [-0.15, -0.1) is 11.8 Å². The van der Waals surface area contributed by atoms with E-state index in [0.717, 1.165) is 15.5 Å². The van der Waals surface area contributed by atoms with Gasteiger partial charge in [0.2, 0.25) is 11.8 Å². The fourth-order valence-corrected chi connectivity index (χ4v) is 3.75. The van der Waals surface area contributed by atoms with Gasteiger partial charge in [0.1, 0.15) is 0 Å². The third kappa shape index (κ3) is 5.87. The van der Waals surface area contributed by atoms with E-state index in [1.807, 2.05) is 6.92 Å². The van der Waals surface area contributed by atoms with Crippen molar-refractivity contribution in [3.63, 3.8) is 0 Å². The number of thioether (sulfide) groups is 1. The zero-order chi connectivity index (χ0) is 18.4. The predicted octanol–water partition coefficient (Wildman–Crippen LogP) is 1.92. The first-order valence-electron chi connectivity index (χ1n) is 7.38. The first kappa shape index (κ1) is 18.9. The van der Waals surface area contributed by atoms with Gasteiger partial charge in [-0.2, -0.15) is 0 Å². The number of benzene rings is 1. The molecule has 0 aliphatic rings. The Kier molecular flexibility index (Phi) is 6.54. The standard InChI is InChI=1S/C16H18N4O3S2/c1-9-15(24-8-13(17)22)25-16(19-9)20-14(23)12-5-3-11(4-6-12)7-18-10(2)21/h3-6H,7-8H2,1-2H3,(H2,17,22)(H,18,21)(H,19,20,23). The summed E-state index contributed by atoms with van der Waals surface area (Å²) in [4.78, 5) is 38.3. The number of amides is 3. The Bertz CT molecular complexity index is 787. The van der Waals surface area contributed by atoms with Gasteiger partial charge in [0.15, 0.2) is 5.13 Å². The molecule has 9 heteroatoms. The molecule has 2 aromatic rings. The number of nitrogens with zero attached hydrogens (tertiary/aromatic N) is 1. The van der Waals surface area contributed by atoms with Crippen molar-refractivity contribution in [2.75, 3.05) is 11.1 Å². The van der Waals surface area contributed by atoms with Gasteiger partial charge < -0.3 is 11.1 Å². The van der Waals surface area contributed by atoms with Crippen LogP contribution in [0.3, 0.4) is 0 Å². The van der Waals surface area contributed by atoms with E-state index >= 15 is 0 Å². The molecular formula is C16H18N4O3S2. The number of carbonyl (C=O) groups excluding carboxylic acids is 3. The number of nitrogens with two attached hydrogens (primary N) is 1. The van der Waals surface area contributed by atoms with Crippen molar-refractivity contribution in [1.82, 2.24) is 10.3 Å². The van der Waals surface area contributed by atoms with Crippen LogP contribution in [0.5, 0.6) is 0 Å². The molecule has 2 rings (SSSR count). The number of rotatable bonds is 7. The molecule has 1 aromatic heterocycles. The number of hydrogen-bond donors (Lipinski definition) is 3. The maximum Gasteiger partial charge on any atom is 0.257 e. The normalized spacial score (nSPS) is 10.3. The first-order chi connectivity index (χ1) is 11.8. The molecule has 0 bridgehead atoms. The number of nitrogens with one attached hydrogen (secondary N) is 2. The number of anilines is 1. The van der Waals surface area contributed by atoms with Gasteiger partial charge in [-0.05, 0) is 24.6 Å². The lowest BCUT2D eigenvalue weighted by Crippen LogP contribution is -2.19. The third-order valence-electron chi connectivity index (χ3n) is 3.08. The van der Waals surface area contributed by atoms with Crippen LogP contribution >= 0.6 is 23.1 Å². The van der Waals surface area contributed by atoms with Crippen LogP contribution in [0.2, 0.25) is 0 Å². The fourth-order valence-electron chi connectivity index (χ4n) is 1.88. The Hall–Kier alpha value is -2.39. The number of thiazole rings is 1. The fraction of sp³-hybridized carbons (Fsp3) is 0.250. The quantitative estimate of drug-likeness (QED) is 0.637. The monoisotopic (exact) mass is 378 g/mol. The molecule has 1 heterocycles. The number of carbonyl (C=O) groups is 3. The topological polar surface area (TPSA) is 114 Å². The summed E-state index contributed by atoms with van der Waals surface area (Å²) in [6.45, 7) is 3.68. The van der Waals surface area contributed by atoms with Crippen molar-refractivity contribution in [1.29, 1.82) is 0 Å². The first-order valence-corrected chi connectivity index (χ1v) is 9.18. The summed E-state index contributed by atoms with van der Waals surface area (Å²) in [6.07, 6.45) is 0. The summed E-state index contributed by atoms with van der Waals surface area (Å²) >= 11 is 2.61. The van der Waals surface area contributed by atoms with Crippen LogP contribution in [0, 0.1) is 6.92 Å². The minimum atomic E-state index is -0.400. The molecule has 0 aliphatic heterocycles. The molecule has 7 nitrogen and oxygen atoms in total. The molecule has 0 aliphatic carbocycles. The van der Waals surface area contributed by atoms with Gasteiger partial charge in [0.05, 0.1) is 15.7 Å².